The van der Waals surface area contributed by atoms with Gasteiger partial charge in [0.1, 0.15) is 6.61 Å². The van der Waals surface area contributed by atoms with E-state index in [0.717, 1.165) is 23.6 Å². The molecule has 0 spiro atoms. The maximum atomic E-state index is 14.4. The highest BCUT2D eigenvalue weighted by molar-refractivity contribution is 5.79. The summed E-state index contributed by atoms with van der Waals surface area (Å²) in [5, 5.41) is 11.4. The maximum Gasteiger partial charge on any atom is 0.410 e. The second-order valence-electron chi connectivity index (χ2n) is 9.86. The Kier molecular flexibility index (Phi) is 5.33. The number of piperidine rings is 2. The van der Waals surface area contributed by atoms with Crippen LogP contribution in [0.15, 0.2) is 60.7 Å². The lowest BCUT2D eigenvalue weighted by atomic mass is 9.73. The predicted octanol–water partition coefficient (Wildman–Crippen LogP) is 5.51. The minimum Gasteiger partial charge on any atom is -0.448 e. The van der Waals surface area contributed by atoms with E-state index in [9.17, 15) is 18.7 Å². The van der Waals surface area contributed by atoms with Crippen molar-refractivity contribution in [2.24, 2.45) is 0 Å². The van der Waals surface area contributed by atoms with Gasteiger partial charge in [0, 0.05) is 36.4 Å². The monoisotopic (exact) mass is 476 g/mol. The molecule has 1 N–H and O–H groups in total. The molecule has 2 bridgehead atoms. The molecule has 2 atom stereocenters. The van der Waals surface area contributed by atoms with Crippen LogP contribution >= 0.6 is 0 Å². The molecule has 0 saturated carbocycles. The van der Waals surface area contributed by atoms with Gasteiger partial charge in [0.2, 0.25) is 11.9 Å². The van der Waals surface area contributed by atoms with Crippen molar-refractivity contribution in [2.45, 2.75) is 55.7 Å². The molecule has 3 heterocycles. The molecule has 2 fully saturated rings. The zero-order chi connectivity index (χ0) is 24.2. The van der Waals surface area contributed by atoms with E-state index in [0.29, 0.717) is 12.8 Å². The van der Waals surface area contributed by atoms with Crippen LogP contribution in [0.3, 0.4) is 0 Å². The lowest BCUT2D eigenvalue weighted by Gasteiger charge is -2.51. The Morgan fingerprint density at radius 1 is 0.971 bits per heavy atom. The van der Waals surface area contributed by atoms with Gasteiger partial charge < -0.3 is 14.7 Å². The van der Waals surface area contributed by atoms with Crippen LogP contribution in [-0.4, -0.2) is 39.8 Å². The number of amides is 1. The quantitative estimate of drug-likeness (QED) is 0.506. The Labute approximate surface area is 202 Å². The number of benzene rings is 2. The zero-order valence-electron chi connectivity index (χ0n) is 19.2. The molecule has 180 valence electrons. The van der Waals surface area contributed by atoms with Gasteiger partial charge in [-0.15, -0.1) is 0 Å². The number of aliphatic hydroxyl groups is 1. The molecule has 3 aromatic rings. The molecule has 35 heavy (non-hydrogen) atoms. The van der Waals surface area contributed by atoms with Gasteiger partial charge in [-0.25, -0.2) is 4.79 Å². The highest BCUT2D eigenvalue weighted by Crippen LogP contribution is 2.47. The van der Waals surface area contributed by atoms with Gasteiger partial charge >= 0.3 is 6.09 Å². The minimum absolute atomic E-state index is 0.0111. The van der Waals surface area contributed by atoms with Crippen LogP contribution < -0.4 is 0 Å². The molecule has 2 aromatic carbocycles. The number of rotatable bonds is 3. The number of hydrogen-bond donors (Lipinski definition) is 1. The van der Waals surface area contributed by atoms with Crippen molar-refractivity contribution in [1.82, 2.24) is 9.88 Å². The molecule has 5 nitrogen and oxygen atoms in total. The van der Waals surface area contributed by atoms with Crippen molar-refractivity contribution in [3.8, 4) is 11.1 Å². The van der Waals surface area contributed by atoms with Crippen LogP contribution in [0.4, 0.5) is 13.6 Å². The number of carbonyl (C=O) groups excluding carboxylic acids is 1. The van der Waals surface area contributed by atoms with E-state index in [1.807, 2.05) is 24.3 Å². The van der Waals surface area contributed by atoms with Gasteiger partial charge in [-0.05, 0) is 53.6 Å². The highest BCUT2D eigenvalue weighted by Gasteiger charge is 2.50. The van der Waals surface area contributed by atoms with E-state index in [1.54, 1.807) is 4.90 Å². The van der Waals surface area contributed by atoms with Gasteiger partial charge in [-0.1, -0.05) is 48.5 Å². The SMILES string of the molecule is O=C(OCC1c2ccccc2-c2ccccc21)N1C2CCCC1CC(O)(c1ccc(F)nc1F)C2. The van der Waals surface area contributed by atoms with Crippen molar-refractivity contribution in [3.05, 3.63) is 89.2 Å². The summed E-state index contributed by atoms with van der Waals surface area (Å²) in [5.74, 6) is -1.96. The third-order valence-corrected chi connectivity index (χ3v) is 7.87. The van der Waals surface area contributed by atoms with Crippen LogP contribution in [0.2, 0.25) is 0 Å². The van der Waals surface area contributed by atoms with Crippen molar-refractivity contribution in [1.29, 1.82) is 0 Å². The molecule has 1 aliphatic carbocycles. The number of aromatic nitrogens is 1. The second-order valence-corrected chi connectivity index (χ2v) is 9.86. The fourth-order valence-electron chi connectivity index (χ4n) is 6.38. The summed E-state index contributed by atoms with van der Waals surface area (Å²) in [6.07, 6.45) is 2.23. The zero-order valence-corrected chi connectivity index (χ0v) is 19.2. The molecule has 1 amide bonds. The second kappa shape index (κ2) is 8.41. The summed E-state index contributed by atoms with van der Waals surface area (Å²) in [6.45, 7) is 0.226. The summed E-state index contributed by atoms with van der Waals surface area (Å²) in [4.78, 5) is 18.3. The molecule has 7 heteroatoms. The molecule has 6 rings (SSSR count). The largest absolute Gasteiger partial charge is 0.448 e. The first-order chi connectivity index (χ1) is 16.9. The van der Waals surface area contributed by atoms with E-state index in [-0.39, 0.29) is 43.0 Å². The van der Waals surface area contributed by atoms with Gasteiger partial charge in [0.15, 0.2) is 0 Å². The minimum atomic E-state index is -1.50. The fourth-order valence-corrected chi connectivity index (χ4v) is 6.38. The maximum absolute atomic E-state index is 14.4. The van der Waals surface area contributed by atoms with Crippen molar-refractivity contribution >= 4 is 6.09 Å². The van der Waals surface area contributed by atoms with Crippen molar-refractivity contribution in [2.75, 3.05) is 6.61 Å². The molecule has 2 aliphatic heterocycles. The molecule has 0 radical (unpaired) electrons. The van der Waals surface area contributed by atoms with E-state index < -0.39 is 23.6 Å². The molecule has 2 unspecified atom stereocenters. The van der Waals surface area contributed by atoms with E-state index in [1.165, 1.54) is 17.2 Å². The molecule has 2 saturated heterocycles. The van der Waals surface area contributed by atoms with Gasteiger partial charge in [0.25, 0.3) is 0 Å². The number of fused-ring (bicyclic) bond motifs is 5. The number of nitrogens with zero attached hydrogens (tertiary/aromatic N) is 2. The first kappa shape index (κ1) is 22.2. The molecule has 1 aromatic heterocycles. The summed E-state index contributed by atoms with van der Waals surface area (Å²) in [5.41, 5.74) is 3.12. The predicted molar refractivity (Wildman–Crippen MR) is 126 cm³/mol. The molecular weight excluding hydrogens is 450 g/mol. The molecular formula is C28H26F2N2O3. The van der Waals surface area contributed by atoms with Crippen molar-refractivity contribution < 1.29 is 23.4 Å². The highest BCUT2D eigenvalue weighted by atomic mass is 19.1. The number of ether oxygens (including phenoxy) is 1. The van der Waals surface area contributed by atoms with Crippen LogP contribution in [0.1, 0.15) is 54.7 Å². The summed E-state index contributed by atoms with van der Waals surface area (Å²) < 4.78 is 33.7. The Hall–Kier alpha value is -3.32. The average molecular weight is 477 g/mol. The Morgan fingerprint density at radius 2 is 1.57 bits per heavy atom. The van der Waals surface area contributed by atoms with Gasteiger partial charge in [-0.2, -0.15) is 13.8 Å². The van der Waals surface area contributed by atoms with Crippen molar-refractivity contribution in [3.63, 3.8) is 0 Å². The smallest absolute Gasteiger partial charge is 0.410 e. The van der Waals surface area contributed by atoms with E-state index in [2.05, 4.69) is 29.2 Å². The third-order valence-electron chi connectivity index (χ3n) is 7.87. The number of hydrogen-bond acceptors (Lipinski definition) is 4. The third kappa shape index (κ3) is 3.69. The summed E-state index contributed by atoms with van der Waals surface area (Å²) in [6, 6.07) is 18.1. The Morgan fingerprint density at radius 3 is 2.17 bits per heavy atom. The normalized spacial score (nSPS) is 25.2. The number of carbonyl (C=O) groups is 1. The van der Waals surface area contributed by atoms with Gasteiger partial charge in [-0.3, -0.25) is 0 Å². The average Bonchev–Trinajstić information content (AvgIpc) is 3.15. The lowest BCUT2D eigenvalue weighted by Crippen LogP contribution is -2.59. The van der Waals surface area contributed by atoms with E-state index >= 15 is 0 Å². The summed E-state index contributed by atoms with van der Waals surface area (Å²) >= 11 is 0. The summed E-state index contributed by atoms with van der Waals surface area (Å²) in [7, 11) is 0. The number of pyridine rings is 1. The van der Waals surface area contributed by atoms with Crippen LogP contribution in [0, 0.1) is 11.9 Å². The topological polar surface area (TPSA) is 62.7 Å². The Bertz CT molecular complexity index is 1240. The van der Waals surface area contributed by atoms with Crippen LogP contribution in [-0.2, 0) is 10.3 Å². The lowest BCUT2D eigenvalue weighted by molar-refractivity contribution is -0.0910. The first-order valence-electron chi connectivity index (χ1n) is 12.1. The van der Waals surface area contributed by atoms with Crippen LogP contribution in [0.5, 0.6) is 0 Å². The van der Waals surface area contributed by atoms with Crippen LogP contribution in [0.25, 0.3) is 11.1 Å². The standard InChI is InChI=1S/C28H26F2N2O3/c29-25-13-12-24(26(30)31-25)28(34)14-17-6-5-7-18(15-28)32(17)27(33)35-16-23-21-10-3-1-8-19(21)20-9-2-4-11-22(20)23/h1-4,8-13,17-18,23,34H,5-7,14-16H2. The Balaban J connectivity index is 1.21. The molecule has 3 aliphatic rings. The fraction of sp³-hybridized carbons (Fsp3) is 0.357. The number of halogens is 2. The first-order valence-corrected chi connectivity index (χ1v) is 12.1. The van der Waals surface area contributed by atoms with Gasteiger partial charge in [0.05, 0.1) is 5.60 Å². The van der Waals surface area contributed by atoms with E-state index in [4.69, 9.17) is 4.74 Å².